The molecule has 114 valence electrons. The average Bonchev–Trinajstić information content (AvgIpc) is 2.49. The number of aryl methyl sites for hydroxylation is 1. The molecule has 7 heteroatoms. The van der Waals surface area contributed by atoms with Crippen molar-refractivity contribution in [3.8, 4) is 5.75 Å². The summed E-state index contributed by atoms with van der Waals surface area (Å²) < 4.78 is 5.23. The van der Waals surface area contributed by atoms with Gasteiger partial charge in [0, 0.05) is 11.2 Å². The van der Waals surface area contributed by atoms with Crippen LogP contribution in [0, 0.1) is 6.92 Å². The summed E-state index contributed by atoms with van der Waals surface area (Å²) in [4.78, 5) is 27.3. The second-order valence-electron chi connectivity index (χ2n) is 4.41. The van der Waals surface area contributed by atoms with Gasteiger partial charge >= 0.3 is 6.03 Å². The molecule has 0 saturated carbocycles. The van der Waals surface area contributed by atoms with Crippen LogP contribution in [0.4, 0.5) is 10.6 Å². The van der Waals surface area contributed by atoms with E-state index < -0.39 is 11.9 Å². The van der Waals surface area contributed by atoms with Crippen molar-refractivity contribution in [2.75, 3.05) is 11.9 Å². The molecule has 22 heavy (non-hydrogen) atoms. The molecule has 0 saturated heterocycles. The number of nitrogens with one attached hydrogen (secondary N) is 2. The molecule has 1 aromatic heterocycles. The van der Waals surface area contributed by atoms with Crippen molar-refractivity contribution in [2.45, 2.75) is 6.92 Å². The number of nitrogens with zero attached hydrogens (tertiary/aromatic N) is 1. The van der Waals surface area contributed by atoms with E-state index in [4.69, 9.17) is 16.3 Å². The van der Waals surface area contributed by atoms with E-state index in [2.05, 4.69) is 15.6 Å². The second-order valence-corrected chi connectivity index (χ2v) is 4.85. The number of pyridine rings is 1. The zero-order valence-corrected chi connectivity index (χ0v) is 12.6. The standard InChI is InChI=1S/C15H14ClN3O3/c1-10-3-2-8-17-14(10)19-15(21)18-13(20)9-22-12-6-4-11(16)5-7-12/h2-8H,9H2,1H3,(H2,17,18,19,20,21). The number of urea groups is 1. The van der Waals surface area contributed by atoms with Gasteiger partial charge in [0.15, 0.2) is 6.61 Å². The predicted molar refractivity (Wildman–Crippen MR) is 83.1 cm³/mol. The number of ether oxygens (including phenoxy) is 1. The largest absolute Gasteiger partial charge is 0.484 e. The van der Waals surface area contributed by atoms with Crippen LogP contribution in [-0.4, -0.2) is 23.5 Å². The van der Waals surface area contributed by atoms with Gasteiger partial charge in [-0.15, -0.1) is 0 Å². The molecule has 1 aromatic carbocycles. The Bertz CT molecular complexity index is 674. The highest BCUT2D eigenvalue weighted by Gasteiger charge is 2.10. The Balaban J connectivity index is 1.80. The van der Waals surface area contributed by atoms with E-state index in [1.54, 1.807) is 49.5 Å². The monoisotopic (exact) mass is 319 g/mol. The van der Waals surface area contributed by atoms with Crippen LogP contribution >= 0.6 is 11.6 Å². The first-order chi connectivity index (χ1) is 10.5. The smallest absolute Gasteiger partial charge is 0.327 e. The first-order valence-corrected chi connectivity index (χ1v) is 6.83. The molecule has 2 N–H and O–H groups in total. The Kier molecular flexibility index (Phi) is 5.32. The Morgan fingerprint density at radius 1 is 1.23 bits per heavy atom. The van der Waals surface area contributed by atoms with Gasteiger partial charge < -0.3 is 4.74 Å². The minimum atomic E-state index is -0.661. The molecule has 1 heterocycles. The van der Waals surface area contributed by atoms with E-state index in [0.29, 0.717) is 16.6 Å². The average molecular weight is 320 g/mol. The lowest BCUT2D eigenvalue weighted by atomic mass is 10.3. The number of imide groups is 1. The number of hydrogen-bond donors (Lipinski definition) is 2. The summed E-state index contributed by atoms with van der Waals surface area (Å²) in [5, 5.41) is 5.22. The molecule has 3 amide bonds. The summed E-state index contributed by atoms with van der Waals surface area (Å²) in [6, 6.07) is 9.44. The summed E-state index contributed by atoms with van der Waals surface area (Å²) >= 11 is 5.74. The molecule has 0 aliphatic heterocycles. The first-order valence-electron chi connectivity index (χ1n) is 6.45. The number of anilines is 1. The second kappa shape index (κ2) is 7.42. The molecule has 0 atom stereocenters. The summed E-state index contributed by atoms with van der Waals surface area (Å²) in [6.07, 6.45) is 1.55. The molecular weight excluding hydrogens is 306 g/mol. The molecule has 0 bridgehead atoms. The molecule has 2 rings (SSSR count). The molecule has 0 radical (unpaired) electrons. The third-order valence-corrected chi connectivity index (χ3v) is 2.93. The van der Waals surface area contributed by atoms with Gasteiger partial charge in [0.2, 0.25) is 0 Å². The van der Waals surface area contributed by atoms with Crippen molar-refractivity contribution in [1.82, 2.24) is 10.3 Å². The highest BCUT2D eigenvalue weighted by atomic mass is 35.5. The quantitative estimate of drug-likeness (QED) is 0.908. The van der Waals surface area contributed by atoms with Crippen LogP contribution in [0.15, 0.2) is 42.6 Å². The molecule has 0 fully saturated rings. The Hall–Kier alpha value is -2.60. The molecule has 0 aliphatic rings. The lowest BCUT2D eigenvalue weighted by Crippen LogP contribution is -2.37. The fourth-order valence-corrected chi connectivity index (χ4v) is 1.72. The van der Waals surface area contributed by atoms with Crippen molar-refractivity contribution < 1.29 is 14.3 Å². The van der Waals surface area contributed by atoms with Crippen molar-refractivity contribution in [1.29, 1.82) is 0 Å². The lowest BCUT2D eigenvalue weighted by molar-refractivity contribution is -0.121. The lowest BCUT2D eigenvalue weighted by Gasteiger charge is -2.09. The first kappa shape index (κ1) is 15.8. The van der Waals surface area contributed by atoms with Crippen LogP contribution in [-0.2, 0) is 4.79 Å². The van der Waals surface area contributed by atoms with Crippen molar-refractivity contribution in [3.05, 3.63) is 53.2 Å². The normalized spacial score (nSPS) is 9.91. The van der Waals surface area contributed by atoms with Gasteiger partial charge in [-0.3, -0.25) is 15.4 Å². The van der Waals surface area contributed by atoms with Gasteiger partial charge in [-0.1, -0.05) is 17.7 Å². The van der Waals surface area contributed by atoms with Crippen LogP contribution in [0.1, 0.15) is 5.56 Å². The number of rotatable bonds is 4. The Morgan fingerprint density at radius 2 is 1.95 bits per heavy atom. The van der Waals surface area contributed by atoms with Gasteiger partial charge in [-0.05, 0) is 42.8 Å². The molecule has 6 nitrogen and oxygen atoms in total. The zero-order chi connectivity index (χ0) is 15.9. The maximum atomic E-state index is 11.7. The van der Waals surface area contributed by atoms with Gasteiger partial charge in [0.1, 0.15) is 11.6 Å². The topological polar surface area (TPSA) is 80.3 Å². The number of aromatic nitrogens is 1. The molecule has 0 unspecified atom stereocenters. The maximum absolute atomic E-state index is 11.7. The van der Waals surface area contributed by atoms with E-state index in [1.165, 1.54) is 0 Å². The van der Waals surface area contributed by atoms with Crippen molar-refractivity contribution in [3.63, 3.8) is 0 Å². The number of amides is 3. The number of carbonyl (C=O) groups excluding carboxylic acids is 2. The fourth-order valence-electron chi connectivity index (χ4n) is 1.60. The van der Waals surface area contributed by atoms with E-state index in [-0.39, 0.29) is 6.61 Å². The number of hydrogen-bond acceptors (Lipinski definition) is 4. The predicted octanol–water partition coefficient (Wildman–Crippen LogP) is 2.77. The number of carbonyl (C=O) groups is 2. The van der Waals surface area contributed by atoms with E-state index in [0.717, 1.165) is 5.56 Å². The summed E-state index contributed by atoms with van der Waals surface area (Å²) in [7, 11) is 0. The van der Waals surface area contributed by atoms with Crippen LogP contribution < -0.4 is 15.4 Å². The zero-order valence-electron chi connectivity index (χ0n) is 11.8. The van der Waals surface area contributed by atoms with E-state index in [9.17, 15) is 9.59 Å². The van der Waals surface area contributed by atoms with Crippen molar-refractivity contribution in [2.24, 2.45) is 0 Å². The Morgan fingerprint density at radius 3 is 2.64 bits per heavy atom. The molecule has 0 spiro atoms. The molecule has 2 aromatic rings. The number of halogens is 1. The third kappa shape index (κ3) is 4.75. The van der Waals surface area contributed by atoms with Crippen LogP contribution in [0.25, 0.3) is 0 Å². The highest BCUT2D eigenvalue weighted by molar-refractivity contribution is 6.30. The van der Waals surface area contributed by atoms with Crippen LogP contribution in [0.2, 0.25) is 5.02 Å². The molecular formula is C15H14ClN3O3. The maximum Gasteiger partial charge on any atom is 0.327 e. The minimum Gasteiger partial charge on any atom is -0.484 e. The van der Waals surface area contributed by atoms with Crippen LogP contribution in [0.3, 0.4) is 0 Å². The summed E-state index contributed by atoms with van der Waals surface area (Å²) in [5.41, 5.74) is 0.794. The third-order valence-electron chi connectivity index (χ3n) is 2.68. The van der Waals surface area contributed by atoms with E-state index >= 15 is 0 Å². The molecule has 0 aliphatic carbocycles. The van der Waals surface area contributed by atoms with E-state index in [1.807, 2.05) is 0 Å². The van der Waals surface area contributed by atoms with Crippen LogP contribution in [0.5, 0.6) is 5.75 Å². The van der Waals surface area contributed by atoms with Crippen molar-refractivity contribution >= 4 is 29.4 Å². The van der Waals surface area contributed by atoms with Gasteiger partial charge in [0.25, 0.3) is 5.91 Å². The number of benzene rings is 1. The summed E-state index contributed by atoms with van der Waals surface area (Å²) in [5.74, 6) is 0.313. The van der Waals surface area contributed by atoms with Gasteiger partial charge in [-0.2, -0.15) is 0 Å². The fraction of sp³-hybridized carbons (Fsp3) is 0.133. The summed E-state index contributed by atoms with van der Waals surface area (Å²) in [6.45, 7) is 1.52. The SMILES string of the molecule is Cc1cccnc1NC(=O)NC(=O)COc1ccc(Cl)cc1. The minimum absolute atomic E-state index is 0.281. The van der Waals surface area contributed by atoms with Gasteiger partial charge in [-0.25, -0.2) is 9.78 Å². The van der Waals surface area contributed by atoms with Gasteiger partial charge in [0.05, 0.1) is 0 Å². The highest BCUT2D eigenvalue weighted by Crippen LogP contribution is 2.15. The Labute approximate surface area is 132 Å².